The van der Waals surface area contributed by atoms with Crippen molar-refractivity contribution < 1.29 is 24.2 Å². The molecule has 50 heavy (non-hydrogen) atoms. The Morgan fingerprint density at radius 2 is 1.68 bits per heavy atom. The number of benzene rings is 2. The Hall–Kier alpha value is -5.46. The van der Waals surface area contributed by atoms with Crippen molar-refractivity contribution in [3.8, 4) is 17.2 Å². The summed E-state index contributed by atoms with van der Waals surface area (Å²) in [6.07, 6.45) is 1.98. The SMILES string of the molecule is COc1cc2nc(CCn3c(=O)n4n(c3=O)C3CC5C(=O)C(C)=C(C)C(=O)C5(C)C(c5cccc(C)c5O)C3=CC4)c(=O)n(C)c2cc1OC. The Labute approximate surface area is 286 Å². The number of allylic oxidation sites excluding steroid dienone is 4. The third kappa shape index (κ3) is 4.44. The summed E-state index contributed by atoms with van der Waals surface area (Å²) in [6.45, 7) is 6.80. The van der Waals surface area contributed by atoms with Crippen molar-refractivity contribution >= 4 is 22.6 Å². The van der Waals surface area contributed by atoms with Gasteiger partial charge in [0.05, 0.1) is 43.3 Å². The number of fused-ring (bicyclic) bond motifs is 5. The number of phenols is 1. The fraction of sp³-hybridized carbons (Fsp3) is 0.405. The number of methoxy groups -OCH3 is 2. The van der Waals surface area contributed by atoms with Gasteiger partial charge in [0.1, 0.15) is 11.4 Å². The van der Waals surface area contributed by atoms with Crippen LogP contribution < -0.4 is 26.4 Å². The van der Waals surface area contributed by atoms with Crippen LogP contribution in [-0.4, -0.2) is 54.4 Å². The molecule has 4 aromatic rings. The van der Waals surface area contributed by atoms with Crippen molar-refractivity contribution in [1.29, 1.82) is 0 Å². The number of ketones is 2. The second-order valence-electron chi connectivity index (χ2n) is 13.7. The molecule has 1 fully saturated rings. The van der Waals surface area contributed by atoms with Crippen molar-refractivity contribution in [2.45, 2.75) is 65.6 Å². The molecule has 2 aliphatic carbocycles. The summed E-state index contributed by atoms with van der Waals surface area (Å²) in [6, 6.07) is 7.93. The molecule has 0 spiro atoms. The monoisotopic (exact) mass is 681 g/mol. The molecule has 1 N–H and O–H groups in total. The van der Waals surface area contributed by atoms with Crippen molar-refractivity contribution in [2.75, 3.05) is 14.2 Å². The van der Waals surface area contributed by atoms with Gasteiger partial charge in [-0.3, -0.25) is 14.4 Å². The quantitative estimate of drug-likeness (QED) is 0.302. The summed E-state index contributed by atoms with van der Waals surface area (Å²) in [5.41, 5.74) is 1.02. The average Bonchev–Trinajstić information content (AvgIpc) is 3.36. The summed E-state index contributed by atoms with van der Waals surface area (Å²) >= 11 is 0. The van der Waals surface area contributed by atoms with E-state index in [9.17, 15) is 29.1 Å². The Kier molecular flexibility index (Phi) is 7.65. The number of carbonyl (C=O) groups is 2. The molecule has 0 bridgehead atoms. The van der Waals surface area contributed by atoms with Crippen LogP contribution in [0.3, 0.4) is 0 Å². The molecule has 13 nitrogen and oxygen atoms in total. The van der Waals surface area contributed by atoms with Crippen LogP contribution in [0.15, 0.2) is 67.5 Å². The number of rotatable bonds is 6. The van der Waals surface area contributed by atoms with Gasteiger partial charge in [-0.25, -0.2) is 28.5 Å². The standard InChI is InChI=1S/C37H39N5O8/c1-18-9-8-10-22(31(18)43)30-21-11-14-41-35(47)40(13-12-24-34(46)39(5)27-17-29(50-7)28(49-6)16-25(27)38-24)36(48)42(41)26(21)15-23-32(44)19(2)20(3)33(45)37(23,30)4/h8-11,16-17,23,26,30,43H,12-15H2,1-7H3. The van der Waals surface area contributed by atoms with Crippen molar-refractivity contribution in [2.24, 2.45) is 18.4 Å². The highest BCUT2D eigenvalue weighted by molar-refractivity contribution is 6.15. The van der Waals surface area contributed by atoms with Gasteiger partial charge in [0.15, 0.2) is 23.1 Å². The van der Waals surface area contributed by atoms with Gasteiger partial charge in [-0.05, 0) is 49.5 Å². The zero-order valence-corrected chi connectivity index (χ0v) is 29.1. The molecule has 0 saturated heterocycles. The summed E-state index contributed by atoms with van der Waals surface area (Å²) in [7, 11) is 4.61. The van der Waals surface area contributed by atoms with Crippen LogP contribution in [-0.2, 0) is 36.1 Å². The molecule has 260 valence electrons. The van der Waals surface area contributed by atoms with Crippen LogP contribution in [0.1, 0.15) is 56.0 Å². The molecule has 3 aliphatic rings. The first-order chi connectivity index (χ1) is 23.8. The minimum Gasteiger partial charge on any atom is -0.507 e. The number of Topliss-reactive ketones (excluding diaryl/α,β-unsaturated/α-hetero) is 2. The largest absolute Gasteiger partial charge is 0.507 e. The van der Waals surface area contributed by atoms with E-state index in [1.807, 2.05) is 6.08 Å². The lowest BCUT2D eigenvalue weighted by Crippen LogP contribution is -2.55. The second kappa shape index (κ2) is 11.6. The first-order valence-electron chi connectivity index (χ1n) is 16.5. The number of para-hydroxylation sites is 1. The van der Waals surface area contributed by atoms with Crippen LogP contribution in [0.4, 0.5) is 0 Å². The maximum absolute atomic E-state index is 14.2. The van der Waals surface area contributed by atoms with Crippen LogP contribution in [0.2, 0.25) is 0 Å². The second-order valence-corrected chi connectivity index (χ2v) is 13.7. The molecule has 2 aromatic carbocycles. The van der Waals surface area contributed by atoms with E-state index in [0.717, 1.165) is 4.57 Å². The molecule has 4 unspecified atom stereocenters. The molecule has 7 rings (SSSR count). The zero-order valence-electron chi connectivity index (χ0n) is 29.1. The van der Waals surface area contributed by atoms with Crippen LogP contribution in [0.5, 0.6) is 17.2 Å². The summed E-state index contributed by atoms with van der Waals surface area (Å²) in [5, 5.41) is 11.3. The van der Waals surface area contributed by atoms with E-state index in [2.05, 4.69) is 4.98 Å². The van der Waals surface area contributed by atoms with Crippen molar-refractivity contribution in [3.05, 3.63) is 101 Å². The van der Waals surface area contributed by atoms with Gasteiger partial charge in [-0.2, -0.15) is 0 Å². The highest BCUT2D eigenvalue weighted by Crippen LogP contribution is 2.61. The van der Waals surface area contributed by atoms with E-state index in [0.29, 0.717) is 50.4 Å². The Bertz CT molecular complexity index is 2410. The third-order valence-electron chi connectivity index (χ3n) is 11.3. The van der Waals surface area contributed by atoms with Gasteiger partial charge < -0.3 is 19.1 Å². The van der Waals surface area contributed by atoms with Gasteiger partial charge in [0.2, 0.25) is 0 Å². The van der Waals surface area contributed by atoms with Gasteiger partial charge in [0.25, 0.3) is 5.56 Å². The summed E-state index contributed by atoms with van der Waals surface area (Å²) in [4.78, 5) is 74.2. The van der Waals surface area contributed by atoms with Crippen molar-refractivity contribution in [1.82, 2.24) is 23.5 Å². The lowest BCUT2D eigenvalue weighted by molar-refractivity contribution is -0.140. The minimum atomic E-state index is -1.22. The predicted molar refractivity (Wildman–Crippen MR) is 184 cm³/mol. The molecule has 0 amide bonds. The number of nitrogens with zero attached hydrogens (tertiary/aromatic N) is 5. The van der Waals surface area contributed by atoms with Gasteiger partial charge in [-0.15, -0.1) is 0 Å². The number of aromatic hydroxyl groups is 1. The molecular weight excluding hydrogens is 642 g/mol. The normalized spacial score (nSPS) is 23.0. The topological polar surface area (TPSA) is 157 Å². The van der Waals surface area contributed by atoms with E-state index in [1.54, 1.807) is 65.1 Å². The number of carbonyl (C=O) groups excluding carboxylic acids is 2. The van der Waals surface area contributed by atoms with Crippen LogP contribution >= 0.6 is 0 Å². The van der Waals surface area contributed by atoms with Gasteiger partial charge in [0, 0.05) is 49.5 Å². The van der Waals surface area contributed by atoms with Crippen molar-refractivity contribution in [3.63, 3.8) is 0 Å². The first kappa shape index (κ1) is 33.1. The summed E-state index contributed by atoms with van der Waals surface area (Å²) in [5.74, 6) is -0.974. The zero-order chi connectivity index (χ0) is 36.0. The fourth-order valence-electron chi connectivity index (χ4n) is 8.43. The minimum absolute atomic E-state index is 0.00217. The maximum Gasteiger partial charge on any atom is 0.347 e. The Morgan fingerprint density at radius 3 is 2.38 bits per heavy atom. The smallest absolute Gasteiger partial charge is 0.347 e. The van der Waals surface area contributed by atoms with Gasteiger partial charge in [-0.1, -0.05) is 31.2 Å². The lowest BCUT2D eigenvalue weighted by atomic mass is 9.50. The number of hydrogen-bond donors (Lipinski definition) is 1. The molecule has 13 heteroatoms. The molecule has 0 radical (unpaired) electrons. The first-order valence-corrected chi connectivity index (χ1v) is 16.5. The Balaban J connectivity index is 1.32. The third-order valence-corrected chi connectivity index (χ3v) is 11.3. The van der Waals surface area contributed by atoms with E-state index in [1.165, 1.54) is 28.2 Å². The van der Waals surface area contributed by atoms with E-state index in [-0.39, 0.29) is 54.5 Å². The van der Waals surface area contributed by atoms with Gasteiger partial charge >= 0.3 is 11.4 Å². The number of ether oxygens (including phenoxy) is 2. The molecule has 1 saturated carbocycles. The molecular formula is C37H39N5O8. The van der Waals surface area contributed by atoms with Crippen LogP contribution in [0, 0.1) is 18.3 Å². The average molecular weight is 682 g/mol. The Morgan fingerprint density at radius 1 is 0.980 bits per heavy atom. The van der Waals surface area contributed by atoms with Crippen LogP contribution in [0.25, 0.3) is 11.0 Å². The summed E-state index contributed by atoms with van der Waals surface area (Å²) < 4.78 is 16.1. The molecule has 1 aliphatic heterocycles. The number of hydrogen-bond acceptors (Lipinski definition) is 9. The van der Waals surface area contributed by atoms with E-state index in [4.69, 9.17) is 9.47 Å². The highest BCUT2D eigenvalue weighted by atomic mass is 16.5. The number of aryl methyl sites for hydroxylation is 3. The van der Waals surface area contributed by atoms with E-state index >= 15 is 0 Å². The lowest BCUT2D eigenvalue weighted by Gasteiger charge is -2.53. The maximum atomic E-state index is 14.2. The molecule has 2 aromatic heterocycles. The molecule has 4 atom stereocenters. The fourth-order valence-corrected chi connectivity index (χ4v) is 8.43. The number of aromatic nitrogens is 5. The molecule has 3 heterocycles. The van der Waals surface area contributed by atoms with E-state index < -0.39 is 34.7 Å². The predicted octanol–water partition coefficient (Wildman–Crippen LogP) is 3.11. The highest BCUT2D eigenvalue weighted by Gasteiger charge is 2.60. The number of phenolic OH excluding ortho intramolecular Hbond substituents is 1.